The smallest absolute Gasteiger partial charge is 0.416 e. The Kier molecular flexibility index (Phi) is 4.38. The first kappa shape index (κ1) is 16.6. The zero-order chi connectivity index (χ0) is 17.3. The molecule has 2 heterocycles. The van der Waals surface area contributed by atoms with Gasteiger partial charge in [-0.15, -0.1) is 0 Å². The van der Waals surface area contributed by atoms with Gasteiger partial charge in [-0.2, -0.15) is 13.2 Å². The molecule has 1 N–H and O–H groups in total. The van der Waals surface area contributed by atoms with Crippen molar-refractivity contribution in [3.63, 3.8) is 0 Å². The molecule has 2 amide bonds. The van der Waals surface area contributed by atoms with Crippen molar-refractivity contribution in [1.29, 1.82) is 0 Å². The van der Waals surface area contributed by atoms with E-state index in [1.54, 1.807) is 0 Å². The number of piperidine rings is 1. The molecule has 8 heteroatoms. The minimum absolute atomic E-state index is 0.0709. The van der Waals surface area contributed by atoms with Gasteiger partial charge in [0.15, 0.2) is 0 Å². The van der Waals surface area contributed by atoms with Crippen LogP contribution in [0.1, 0.15) is 31.2 Å². The van der Waals surface area contributed by atoms with Gasteiger partial charge in [0.1, 0.15) is 12.4 Å². The van der Waals surface area contributed by atoms with Crippen molar-refractivity contribution in [3.05, 3.63) is 23.8 Å². The summed E-state index contributed by atoms with van der Waals surface area (Å²) in [7, 11) is 0. The first-order valence-corrected chi connectivity index (χ1v) is 7.78. The van der Waals surface area contributed by atoms with Gasteiger partial charge in [0, 0.05) is 18.9 Å². The molecule has 1 fully saturated rings. The fourth-order valence-electron chi connectivity index (χ4n) is 3.01. The number of benzene rings is 1. The van der Waals surface area contributed by atoms with Gasteiger partial charge >= 0.3 is 6.18 Å². The topological polar surface area (TPSA) is 58.6 Å². The molecule has 0 spiro atoms. The molecule has 1 aromatic rings. The molecule has 1 atom stereocenters. The van der Waals surface area contributed by atoms with Crippen LogP contribution in [-0.2, 0) is 15.8 Å². The Labute approximate surface area is 136 Å². The van der Waals surface area contributed by atoms with Crippen LogP contribution in [0.15, 0.2) is 18.2 Å². The number of rotatable bonds is 2. The number of nitrogens with one attached hydrogen (secondary N) is 1. The third-order valence-corrected chi connectivity index (χ3v) is 4.19. The summed E-state index contributed by atoms with van der Waals surface area (Å²) in [6.07, 6.45) is -2.57. The molecular weight excluding hydrogens is 325 g/mol. The highest BCUT2D eigenvalue weighted by molar-refractivity contribution is 5.96. The van der Waals surface area contributed by atoms with E-state index >= 15 is 0 Å². The second-order valence-electron chi connectivity index (χ2n) is 5.93. The third-order valence-electron chi connectivity index (χ3n) is 4.19. The molecule has 0 radical (unpaired) electrons. The van der Waals surface area contributed by atoms with Crippen molar-refractivity contribution < 1.29 is 27.5 Å². The lowest BCUT2D eigenvalue weighted by molar-refractivity contribution is -0.137. The summed E-state index contributed by atoms with van der Waals surface area (Å²) in [5.74, 6) is -0.151. The number of alkyl halides is 3. The van der Waals surface area contributed by atoms with Gasteiger partial charge in [0.05, 0.1) is 17.8 Å². The van der Waals surface area contributed by atoms with Crippen LogP contribution < -0.4 is 15.0 Å². The quantitative estimate of drug-likeness (QED) is 0.898. The number of anilines is 1. The van der Waals surface area contributed by atoms with E-state index in [0.29, 0.717) is 19.3 Å². The van der Waals surface area contributed by atoms with E-state index < -0.39 is 11.7 Å². The minimum atomic E-state index is -4.49. The molecule has 0 saturated carbocycles. The summed E-state index contributed by atoms with van der Waals surface area (Å²) in [6, 6.07) is 2.84. The molecular formula is C16H17F3N2O3. The lowest BCUT2D eigenvalue weighted by atomic mass is 10.0. The Balaban J connectivity index is 1.80. The highest BCUT2D eigenvalue weighted by Crippen LogP contribution is 2.38. The van der Waals surface area contributed by atoms with Gasteiger partial charge in [0.25, 0.3) is 0 Å². The fraction of sp³-hybridized carbons (Fsp3) is 0.500. The second kappa shape index (κ2) is 6.33. The average molecular weight is 342 g/mol. The monoisotopic (exact) mass is 342 g/mol. The SMILES string of the molecule is O=C1CCCC(CC(=O)N2CCOc3ccc(C(F)(F)F)cc32)N1. The van der Waals surface area contributed by atoms with E-state index in [1.165, 1.54) is 11.0 Å². The zero-order valence-electron chi connectivity index (χ0n) is 12.9. The summed E-state index contributed by atoms with van der Waals surface area (Å²) in [4.78, 5) is 25.3. The number of hydrogen-bond donors (Lipinski definition) is 1. The van der Waals surface area contributed by atoms with Crippen molar-refractivity contribution >= 4 is 17.5 Å². The molecule has 3 rings (SSSR count). The van der Waals surface area contributed by atoms with Crippen LogP contribution in [0.5, 0.6) is 5.75 Å². The van der Waals surface area contributed by atoms with Crippen molar-refractivity contribution in [2.24, 2.45) is 0 Å². The van der Waals surface area contributed by atoms with E-state index in [4.69, 9.17) is 4.74 Å². The standard InChI is InChI=1S/C16H17F3N2O3/c17-16(18,19)10-4-5-13-12(8-10)21(6-7-24-13)15(23)9-11-2-1-3-14(22)20-11/h4-5,8,11H,1-3,6-7,9H2,(H,20,22). The van der Waals surface area contributed by atoms with Crippen LogP contribution in [0.4, 0.5) is 18.9 Å². The fourth-order valence-corrected chi connectivity index (χ4v) is 3.01. The van der Waals surface area contributed by atoms with E-state index in [1.807, 2.05) is 0 Å². The number of hydrogen-bond acceptors (Lipinski definition) is 3. The van der Waals surface area contributed by atoms with Crippen LogP contribution in [0.25, 0.3) is 0 Å². The molecule has 0 aliphatic carbocycles. The number of fused-ring (bicyclic) bond motifs is 1. The predicted octanol–water partition coefficient (Wildman–Crippen LogP) is 2.49. The highest BCUT2D eigenvalue weighted by Gasteiger charge is 2.34. The van der Waals surface area contributed by atoms with E-state index in [0.717, 1.165) is 12.1 Å². The van der Waals surface area contributed by atoms with Crippen molar-refractivity contribution in [2.75, 3.05) is 18.1 Å². The van der Waals surface area contributed by atoms with Crippen molar-refractivity contribution in [2.45, 2.75) is 37.9 Å². The van der Waals surface area contributed by atoms with Gasteiger partial charge in [-0.25, -0.2) is 0 Å². The van der Waals surface area contributed by atoms with E-state index in [-0.39, 0.29) is 48.9 Å². The molecule has 0 bridgehead atoms. The number of ether oxygens (including phenoxy) is 1. The molecule has 0 aromatic heterocycles. The minimum Gasteiger partial charge on any atom is -0.490 e. The van der Waals surface area contributed by atoms with Gasteiger partial charge in [0.2, 0.25) is 11.8 Å². The molecule has 130 valence electrons. The second-order valence-corrected chi connectivity index (χ2v) is 5.93. The molecule has 1 saturated heterocycles. The van der Waals surface area contributed by atoms with Crippen LogP contribution in [-0.4, -0.2) is 31.0 Å². The number of amides is 2. The van der Waals surface area contributed by atoms with Crippen LogP contribution >= 0.6 is 0 Å². The number of carbonyl (C=O) groups excluding carboxylic acids is 2. The maximum Gasteiger partial charge on any atom is 0.416 e. The first-order chi connectivity index (χ1) is 11.3. The molecule has 1 unspecified atom stereocenters. The Bertz CT molecular complexity index is 660. The summed E-state index contributed by atoms with van der Waals surface area (Å²) >= 11 is 0. The number of halogens is 3. The van der Waals surface area contributed by atoms with Crippen LogP contribution in [0, 0.1) is 0 Å². The zero-order valence-corrected chi connectivity index (χ0v) is 12.9. The van der Waals surface area contributed by atoms with E-state index in [2.05, 4.69) is 5.32 Å². The summed E-state index contributed by atoms with van der Waals surface area (Å²) in [6.45, 7) is 0.412. The van der Waals surface area contributed by atoms with Crippen LogP contribution in [0.2, 0.25) is 0 Å². The normalized spacial score (nSPS) is 20.9. The summed E-state index contributed by atoms with van der Waals surface area (Å²) < 4.78 is 44.1. The van der Waals surface area contributed by atoms with Crippen molar-refractivity contribution in [3.8, 4) is 5.75 Å². The number of nitrogens with zero attached hydrogens (tertiary/aromatic N) is 1. The highest BCUT2D eigenvalue weighted by atomic mass is 19.4. The Morgan fingerprint density at radius 2 is 2.17 bits per heavy atom. The summed E-state index contributed by atoms with van der Waals surface area (Å²) in [5, 5.41) is 2.75. The lowest BCUT2D eigenvalue weighted by Crippen LogP contribution is -2.45. The van der Waals surface area contributed by atoms with Gasteiger partial charge in [-0.3, -0.25) is 9.59 Å². The summed E-state index contributed by atoms with van der Waals surface area (Å²) in [5.41, 5.74) is -0.696. The Morgan fingerprint density at radius 1 is 1.38 bits per heavy atom. The predicted molar refractivity (Wildman–Crippen MR) is 79.7 cm³/mol. The van der Waals surface area contributed by atoms with Crippen LogP contribution in [0.3, 0.4) is 0 Å². The lowest BCUT2D eigenvalue weighted by Gasteiger charge is -2.32. The number of carbonyl (C=O) groups is 2. The average Bonchev–Trinajstić information content (AvgIpc) is 2.53. The van der Waals surface area contributed by atoms with E-state index in [9.17, 15) is 22.8 Å². The first-order valence-electron chi connectivity index (χ1n) is 7.78. The Morgan fingerprint density at radius 3 is 2.88 bits per heavy atom. The van der Waals surface area contributed by atoms with Gasteiger partial charge in [-0.1, -0.05) is 0 Å². The maximum atomic E-state index is 12.9. The molecule has 1 aromatic carbocycles. The maximum absolute atomic E-state index is 12.9. The largest absolute Gasteiger partial charge is 0.490 e. The Hall–Kier alpha value is -2.25. The molecule has 24 heavy (non-hydrogen) atoms. The molecule has 2 aliphatic heterocycles. The van der Waals surface area contributed by atoms with Gasteiger partial charge in [-0.05, 0) is 31.0 Å². The van der Waals surface area contributed by atoms with Gasteiger partial charge < -0.3 is 15.0 Å². The molecule has 5 nitrogen and oxygen atoms in total. The third kappa shape index (κ3) is 3.47. The molecule has 2 aliphatic rings. The van der Waals surface area contributed by atoms with Crippen molar-refractivity contribution in [1.82, 2.24) is 5.32 Å².